The van der Waals surface area contributed by atoms with Crippen LogP contribution in [0.2, 0.25) is 0 Å². The summed E-state index contributed by atoms with van der Waals surface area (Å²) in [5, 5.41) is 9.36. The molecule has 0 aromatic heterocycles. The van der Waals surface area contributed by atoms with E-state index in [1.54, 1.807) is 19.1 Å². The monoisotopic (exact) mass is 196 g/mol. The number of hydrogen-bond donors (Lipinski definition) is 1. The van der Waals surface area contributed by atoms with Gasteiger partial charge < -0.3 is 5.11 Å². The van der Waals surface area contributed by atoms with E-state index < -0.39 is 0 Å². The average Bonchev–Trinajstić information content (AvgIpc) is 2.10. The van der Waals surface area contributed by atoms with E-state index in [9.17, 15) is 9.90 Å². The predicted molar refractivity (Wildman–Crippen MR) is 55.6 cm³/mol. The molecule has 0 saturated heterocycles. The van der Waals surface area contributed by atoms with Crippen molar-refractivity contribution in [3.05, 3.63) is 29.3 Å². The van der Waals surface area contributed by atoms with Crippen molar-refractivity contribution in [2.24, 2.45) is 0 Å². The second-order valence-corrected chi connectivity index (χ2v) is 3.72. The van der Waals surface area contributed by atoms with Gasteiger partial charge in [0.25, 0.3) is 0 Å². The molecule has 0 fully saturated rings. The van der Waals surface area contributed by atoms with E-state index in [0.29, 0.717) is 11.3 Å². The van der Waals surface area contributed by atoms with E-state index in [0.717, 1.165) is 5.56 Å². The number of phenols is 1. The summed E-state index contributed by atoms with van der Waals surface area (Å²) in [6.07, 6.45) is 1.88. The van der Waals surface area contributed by atoms with Crippen LogP contribution in [0.4, 0.5) is 0 Å². The van der Waals surface area contributed by atoms with Gasteiger partial charge >= 0.3 is 0 Å². The zero-order chi connectivity index (χ0) is 9.84. The van der Waals surface area contributed by atoms with Gasteiger partial charge in [0.15, 0.2) is 5.78 Å². The number of ketones is 1. The van der Waals surface area contributed by atoms with Gasteiger partial charge in [-0.3, -0.25) is 4.79 Å². The van der Waals surface area contributed by atoms with Crippen LogP contribution in [0.3, 0.4) is 0 Å². The SMILES string of the molecule is CSCC(=O)c1ccc(C)c(O)c1. The fourth-order valence-corrected chi connectivity index (χ4v) is 1.43. The topological polar surface area (TPSA) is 37.3 Å². The van der Waals surface area contributed by atoms with Crippen LogP contribution in [-0.4, -0.2) is 22.9 Å². The Morgan fingerprint density at radius 3 is 2.77 bits per heavy atom. The Morgan fingerprint density at radius 1 is 1.54 bits per heavy atom. The van der Waals surface area contributed by atoms with Crippen LogP contribution in [-0.2, 0) is 0 Å². The molecular formula is C10H12O2S. The van der Waals surface area contributed by atoms with Crippen molar-refractivity contribution < 1.29 is 9.90 Å². The Kier molecular flexibility index (Phi) is 3.37. The fraction of sp³-hybridized carbons (Fsp3) is 0.300. The zero-order valence-electron chi connectivity index (χ0n) is 7.70. The molecule has 1 N–H and O–H groups in total. The van der Waals surface area contributed by atoms with Crippen molar-refractivity contribution >= 4 is 17.5 Å². The molecule has 1 aromatic carbocycles. The van der Waals surface area contributed by atoms with Crippen LogP contribution >= 0.6 is 11.8 Å². The first-order valence-electron chi connectivity index (χ1n) is 3.97. The van der Waals surface area contributed by atoms with Crippen molar-refractivity contribution in [2.45, 2.75) is 6.92 Å². The van der Waals surface area contributed by atoms with Crippen LogP contribution in [0.5, 0.6) is 5.75 Å². The molecule has 0 spiro atoms. The minimum absolute atomic E-state index is 0.0581. The van der Waals surface area contributed by atoms with Gasteiger partial charge in [0.05, 0.1) is 5.75 Å². The van der Waals surface area contributed by atoms with Gasteiger partial charge in [-0.1, -0.05) is 12.1 Å². The van der Waals surface area contributed by atoms with E-state index in [2.05, 4.69) is 0 Å². The van der Waals surface area contributed by atoms with E-state index in [1.807, 2.05) is 6.26 Å². The van der Waals surface area contributed by atoms with Gasteiger partial charge in [0.2, 0.25) is 0 Å². The number of phenolic OH excluding ortho intramolecular Hbond substituents is 1. The molecule has 0 unspecified atom stereocenters. The summed E-state index contributed by atoms with van der Waals surface area (Å²) < 4.78 is 0. The molecule has 0 heterocycles. The van der Waals surface area contributed by atoms with Gasteiger partial charge in [-0.2, -0.15) is 11.8 Å². The maximum Gasteiger partial charge on any atom is 0.172 e. The number of thioether (sulfide) groups is 1. The number of aromatic hydroxyl groups is 1. The highest BCUT2D eigenvalue weighted by Gasteiger charge is 2.06. The summed E-state index contributed by atoms with van der Waals surface area (Å²) in [7, 11) is 0. The predicted octanol–water partition coefficient (Wildman–Crippen LogP) is 2.25. The second kappa shape index (κ2) is 4.33. The van der Waals surface area contributed by atoms with Crippen molar-refractivity contribution in [1.29, 1.82) is 0 Å². The molecule has 2 nitrogen and oxygen atoms in total. The van der Waals surface area contributed by atoms with Gasteiger partial charge in [0, 0.05) is 5.56 Å². The number of aryl methyl sites for hydroxylation is 1. The van der Waals surface area contributed by atoms with Crippen LogP contribution in [0.25, 0.3) is 0 Å². The van der Waals surface area contributed by atoms with E-state index >= 15 is 0 Å². The summed E-state index contributed by atoms with van der Waals surface area (Å²) in [5.74, 6) is 0.706. The number of carbonyl (C=O) groups excluding carboxylic acids is 1. The first-order valence-corrected chi connectivity index (χ1v) is 5.36. The van der Waals surface area contributed by atoms with Crippen molar-refractivity contribution in [1.82, 2.24) is 0 Å². The molecule has 0 saturated carbocycles. The molecule has 3 heteroatoms. The molecule has 1 aromatic rings. The molecule has 0 bridgehead atoms. The summed E-state index contributed by atoms with van der Waals surface area (Å²) in [6.45, 7) is 1.80. The standard InChI is InChI=1S/C10H12O2S/c1-7-3-4-8(5-9(7)11)10(12)6-13-2/h3-5,11H,6H2,1-2H3. The van der Waals surface area contributed by atoms with Crippen molar-refractivity contribution in [3.8, 4) is 5.75 Å². The summed E-state index contributed by atoms with van der Waals surface area (Å²) in [5.41, 5.74) is 1.37. The number of Topliss-reactive ketones (excluding diaryl/α,β-unsaturated/α-hetero) is 1. The molecule has 1 rings (SSSR count). The summed E-state index contributed by atoms with van der Waals surface area (Å²) in [4.78, 5) is 11.4. The highest BCUT2D eigenvalue weighted by molar-refractivity contribution is 7.99. The zero-order valence-corrected chi connectivity index (χ0v) is 8.52. The maximum absolute atomic E-state index is 11.4. The van der Waals surface area contributed by atoms with Gasteiger partial charge in [-0.15, -0.1) is 0 Å². The highest BCUT2D eigenvalue weighted by Crippen LogP contribution is 2.18. The minimum atomic E-state index is 0.0581. The fourth-order valence-electron chi connectivity index (χ4n) is 0.997. The number of benzene rings is 1. The number of carbonyl (C=O) groups is 1. The Labute approximate surface area is 82.0 Å². The van der Waals surface area contributed by atoms with Crippen LogP contribution in [0, 0.1) is 6.92 Å². The molecule has 0 aliphatic heterocycles. The number of hydrogen-bond acceptors (Lipinski definition) is 3. The lowest BCUT2D eigenvalue weighted by Gasteiger charge is -2.01. The Balaban J connectivity index is 2.90. The van der Waals surface area contributed by atoms with Crippen LogP contribution < -0.4 is 0 Å². The van der Waals surface area contributed by atoms with E-state index in [-0.39, 0.29) is 11.5 Å². The minimum Gasteiger partial charge on any atom is -0.508 e. The van der Waals surface area contributed by atoms with Crippen molar-refractivity contribution in [3.63, 3.8) is 0 Å². The molecule has 0 amide bonds. The Morgan fingerprint density at radius 2 is 2.23 bits per heavy atom. The first-order chi connectivity index (χ1) is 6.15. The normalized spacial score (nSPS) is 10.0. The van der Waals surface area contributed by atoms with Gasteiger partial charge in [0.1, 0.15) is 5.75 Å². The van der Waals surface area contributed by atoms with E-state index in [1.165, 1.54) is 17.8 Å². The third kappa shape index (κ3) is 2.49. The maximum atomic E-state index is 11.4. The van der Waals surface area contributed by atoms with E-state index in [4.69, 9.17) is 0 Å². The van der Waals surface area contributed by atoms with Crippen LogP contribution in [0.15, 0.2) is 18.2 Å². The lowest BCUT2D eigenvalue weighted by molar-refractivity contribution is 0.102. The highest BCUT2D eigenvalue weighted by atomic mass is 32.2. The smallest absolute Gasteiger partial charge is 0.172 e. The third-order valence-corrected chi connectivity index (χ3v) is 2.36. The Hall–Kier alpha value is -0.960. The molecule has 13 heavy (non-hydrogen) atoms. The largest absolute Gasteiger partial charge is 0.508 e. The third-order valence-electron chi connectivity index (χ3n) is 1.81. The molecule has 0 aliphatic rings. The summed E-state index contributed by atoms with van der Waals surface area (Å²) >= 11 is 1.48. The molecule has 0 radical (unpaired) electrons. The first kappa shape index (κ1) is 10.1. The van der Waals surface area contributed by atoms with Gasteiger partial charge in [-0.25, -0.2) is 0 Å². The molecule has 0 aliphatic carbocycles. The quantitative estimate of drug-likeness (QED) is 0.753. The lowest BCUT2D eigenvalue weighted by atomic mass is 10.1. The number of rotatable bonds is 3. The average molecular weight is 196 g/mol. The molecular weight excluding hydrogens is 184 g/mol. The molecule has 0 atom stereocenters. The lowest BCUT2D eigenvalue weighted by Crippen LogP contribution is -2.01. The van der Waals surface area contributed by atoms with Crippen molar-refractivity contribution in [2.75, 3.05) is 12.0 Å². The molecule has 70 valence electrons. The van der Waals surface area contributed by atoms with Crippen LogP contribution in [0.1, 0.15) is 15.9 Å². The van der Waals surface area contributed by atoms with Gasteiger partial charge in [-0.05, 0) is 24.8 Å². The second-order valence-electron chi connectivity index (χ2n) is 2.86. The summed E-state index contributed by atoms with van der Waals surface area (Å²) in [6, 6.07) is 5.02. The Bertz CT molecular complexity index is 321.